The maximum Gasteiger partial charge on any atom is 0.410 e. The monoisotopic (exact) mass is 540 g/mol. The van der Waals surface area contributed by atoms with Gasteiger partial charge in [-0.25, -0.2) is 23.2 Å². The number of dihydropyridines is 1. The maximum atomic E-state index is 12.9. The third kappa shape index (κ3) is 5.29. The van der Waals surface area contributed by atoms with Gasteiger partial charge in [0.05, 0.1) is 34.3 Å². The van der Waals surface area contributed by atoms with E-state index in [0.717, 1.165) is 6.26 Å². The van der Waals surface area contributed by atoms with Crippen LogP contribution in [0.5, 0.6) is 0 Å². The van der Waals surface area contributed by atoms with Gasteiger partial charge in [-0.3, -0.25) is 15.2 Å². The first-order valence-electron chi connectivity index (χ1n) is 12.3. The fourth-order valence-electron chi connectivity index (χ4n) is 5.02. The van der Waals surface area contributed by atoms with Crippen molar-refractivity contribution in [1.29, 1.82) is 5.26 Å². The number of carbonyl (C=O) groups is 2. The number of allylic oxidation sites excluding steroid dienone is 1. The number of piperidine rings is 1. The number of sulfone groups is 1. The molecule has 3 heterocycles. The van der Waals surface area contributed by atoms with E-state index in [4.69, 9.17) is 4.74 Å². The Labute approximate surface area is 222 Å². The Morgan fingerprint density at radius 1 is 1.32 bits per heavy atom. The van der Waals surface area contributed by atoms with Gasteiger partial charge in [0.15, 0.2) is 9.84 Å². The number of nitrogens with zero attached hydrogens (tertiary/aromatic N) is 5. The molecule has 0 bridgehead atoms. The molecule has 202 valence electrons. The molecule has 0 aliphatic carbocycles. The van der Waals surface area contributed by atoms with Gasteiger partial charge in [-0.2, -0.15) is 5.26 Å². The Morgan fingerprint density at radius 3 is 2.58 bits per heavy atom. The number of ether oxygens (including phenoxy) is 1. The first-order chi connectivity index (χ1) is 17.7. The second kappa shape index (κ2) is 9.87. The molecule has 3 aliphatic heterocycles. The predicted octanol–water partition coefficient (Wildman–Crippen LogP) is 2.98. The molecule has 0 spiro atoms. The first-order valence-corrected chi connectivity index (χ1v) is 14.2. The number of carbonyl (C=O) groups excluding carboxylic acids is 2. The minimum Gasteiger partial charge on any atom is -0.444 e. The number of aliphatic imine (C=N–C) groups is 2. The fourth-order valence-corrected chi connectivity index (χ4v) is 5.65. The SMILES string of the molecule is C[C@H]1CN(C(=O)OC(C)(C)C)CC[C@]1(CC#N)N1NC(=Nc2ccc(S(C)(=O)=O)cc2)C2C(=O)N=CC=C21. The van der Waals surface area contributed by atoms with Crippen LogP contribution in [0.25, 0.3) is 0 Å². The number of hydrogen-bond donors (Lipinski definition) is 1. The number of amidine groups is 1. The van der Waals surface area contributed by atoms with Crippen LogP contribution in [0.3, 0.4) is 0 Å². The molecular formula is C26H32N6O5S. The molecule has 3 atom stereocenters. The van der Waals surface area contributed by atoms with Crippen molar-refractivity contribution in [3.63, 3.8) is 0 Å². The number of nitrogens with one attached hydrogen (secondary N) is 1. The van der Waals surface area contributed by atoms with Gasteiger partial charge in [0.25, 0.3) is 5.91 Å². The topological polar surface area (TPSA) is 145 Å². The van der Waals surface area contributed by atoms with Gasteiger partial charge >= 0.3 is 6.09 Å². The van der Waals surface area contributed by atoms with Crippen molar-refractivity contribution in [1.82, 2.24) is 15.3 Å². The largest absolute Gasteiger partial charge is 0.444 e. The van der Waals surface area contributed by atoms with Crippen molar-refractivity contribution in [2.24, 2.45) is 21.8 Å². The number of nitriles is 1. The maximum absolute atomic E-state index is 12.9. The summed E-state index contributed by atoms with van der Waals surface area (Å²) in [6.45, 7) is 8.17. The molecule has 12 heteroatoms. The molecular weight excluding hydrogens is 508 g/mol. The minimum absolute atomic E-state index is 0.148. The highest BCUT2D eigenvalue weighted by Gasteiger charge is 2.53. The summed E-state index contributed by atoms with van der Waals surface area (Å²) in [5.74, 6) is -1.01. The molecule has 0 radical (unpaired) electrons. The van der Waals surface area contributed by atoms with E-state index in [-0.39, 0.29) is 17.2 Å². The highest BCUT2D eigenvalue weighted by molar-refractivity contribution is 7.90. The van der Waals surface area contributed by atoms with E-state index in [9.17, 15) is 23.3 Å². The van der Waals surface area contributed by atoms with Gasteiger partial charge in [-0.15, -0.1) is 0 Å². The molecule has 38 heavy (non-hydrogen) atoms. The highest BCUT2D eigenvalue weighted by atomic mass is 32.2. The summed E-state index contributed by atoms with van der Waals surface area (Å²) in [5.41, 5.74) is 3.01. The molecule has 0 saturated carbocycles. The summed E-state index contributed by atoms with van der Waals surface area (Å²) in [7, 11) is -3.36. The number of likely N-dealkylation sites (tertiary alicyclic amines) is 1. The van der Waals surface area contributed by atoms with Gasteiger partial charge in [0.1, 0.15) is 17.4 Å². The summed E-state index contributed by atoms with van der Waals surface area (Å²) in [5, 5.41) is 11.7. The van der Waals surface area contributed by atoms with E-state index in [1.54, 1.807) is 23.1 Å². The Morgan fingerprint density at radius 2 is 2.00 bits per heavy atom. The van der Waals surface area contributed by atoms with Gasteiger partial charge in [0, 0.05) is 31.5 Å². The van der Waals surface area contributed by atoms with Crippen LogP contribution in [0.15, 0.2) is 50.9 Å². The van der Waals surface area contributed by atoms with Crippen LogP contribution in [0.4, 0.5) is 10.5 Å². The summed E-state index contributed by atoms with van der Waals surface area (Å²) in [4.78, 5) is 36.0. The molecule has 3 aliphatic rings. The van der Waals surface area contributed by atoms with E-state index in [0.29, 0.717) is 36.7 Å². The Balaban J connectivity index is 1.67. The van der Waals surface area contributed by atoms with Crippen molar-refractivity contribution in [3.8, 4) is 6.07 Å². The van der Waals surface area contributed by atoms with Crippen LogP contribution in [0.1, 0.15) is 40.5 Å². The lowest BCUT2D eigenvalue weighted by atomic mass is 9.75. The number of amides is 2. The zero-order chi connectivity index (χ0) is 27.9. The van der Waals surface area contributed by atoms with E-state index in [1.165, 1.54) is 18.3 Å². The number of rotatable bonds is 4. The molecule has 2 fully saturated rings. The Kier molecular flexibility index (Phi) is 7.09. The van der Waals surface area contributed by atoms with Crippen LogP contribution >= 0.6 is 0 Å². The number of hydrogen-bond acceptors (Lipinski definition) is 8. The lowest BCUT2D eigenvalue weighted by molar-refractivity contribution is -0.119. The lowest BCUT2D eigenvalue weighted by Crippen LogP contribution is -2.63. The summed E-state index contributed by atoms with van der Waals surface area (Å²) in [6.07, 6.45) is 4.51. The van der Waals surface area contributed by atoms with Gasteiger partial charge < -0.3 is 9.64 Å². The average Bonchev–Trinajstić information content (AvgIpc) is 3.19. The highest BCUT2D eigenvalue weighted by Crippen LogP contribution is 2.43. The van der Waals surface area contributed by atoms with Crippen molar-refractivity contribution >= 4 is 39.6 Å². The zero-order valence-electron chi connectivity index (χ0n) is 22.1. The lowest BCUT2D eigenvalue weighted by Gasteiger charge is -2.51. The van der Waals surface area contributed by atoms with Gasteiger partial charge in [-0.1, -0.05) is 6.92 Å². The van der Waals surface area contributed by atoms with Crippen molar-refractivity contribution in [3.05, 3.63) is 36.0 Å². The Hall–Kier alpha value is -3.72. The summed E-state index contributed by atoms with van der Waals surface area (Å²) in [6, 6.07) is 8.37. The van der Waals surface area contributed by atoms with Crippen LogP contribution in [-0.4, -0.2) is 72.9 Å². The van der Waals surface area contributed by atoms with Gasteiger partial charge in [0.2, 0.25) is 0 Å². The third-order valence-electron chi connectivity index (χ3n) is 6.97. The molecule has 2 amide bonds. The summed E-state index contributed by atoms with van der Waals surface area (Å²) >= 11 is 0. The van der Waals surface area contributed by atoms with E-state index in [1.807, 2.05) is 32.7 Å². The van der Waals surface area contributed by atoms with E-state index < -0.39 is 38.9 Å². The second-order valence-corrected chi connectivity index (χ2v) is 12.9. The zero-order valence-corrected chi connectivity index (χ0v) is 22.9. The van der Waals surface area contributed by atoms with E-state index in [2.05, 4.69) is 21.5 Å². The van der Waals surface area contributed by atoms with Crippen molar-refractivity contribution in [2.45, 2.75) is 56.6 Å². The van der Waals surface area contributed by atoms with Crippen LogP contribution in [-0.2, 0) is 19.4 Å². The second-order valence-electron chi connectivity index (χ2n) is 10.9. The van der Waals surface area contributed by atoms with Crippen LogP contribution in [0.2, 0.25) is 0 Å². The Bertz CT molecular complexity index is 1370. The molecule has 0 aromatic heterocycles. The number of hydrazine groups is 1. The quantitative estimate of drug-likeness (QED) is 0.614. The average molecular weight is 541 g/mol. The molecule has 2 saturated heterocycles. The molecule has 1 unspecified atom stereocenters. The molecule has 1 aromatic rings. The molecule has 1 aromatic carbocycles. The fraction of sp³-hybridized carbons (Fsp3) is 0.500. The smallest absolute Gasteiger partial charge is 0.410 e. The molecule has 4 rings (SSSR count). The third-order valence-corrected chi connectivity index (χ3v) is 8.10. The minimum atomic E-state index is -3.36. The first kappa shape index (κ1) is 27.3. The van der Waals surface area contributed by atoms with Crippen molar-refractivity contribution in [2.75, 3.05) is 19.3 Å². The van der Waals surface area contributed by atoms with Crippen LogP contribution in [0, 0.1) is 23.2 Å². The van der Waals surface area contributed by atoms with Gasteiger partial charge in [-0.05, 0) is 57.5 Å². The molecule has 11 nitrogen and oxygen atoms in total. The number of benzene rings is 1. The standard InChI is InChI=1S/C26H32N6O5S/c1-17-16-31(24(34)37-25(2,3)4)15-12-26(17,11-13-27)32-20-10-14-28-23(33)21(20)22(30-32)29-18-6-8-19(9-7-18)38(5,35)36/h6-10,14,17,21H,11-12,15-16H2,1-5H3,(H,29,30)/t17-,21?,26-/m0/s1. The predicted molar refractivity (Wildman–Crippen MR) is 141 cm³/mol. The van der Waals surface area contributed by atoms with Crippen LogP contribution < -0.4 is 5.43 Å². The molecule has 1 N–H and O–H groups in total. The normalized spacial score (nSPS) is 26.5. The van der Waals surface area contributed by atoms with E-state index >= 15 is 0 Å². The summed E-state index contributed by atoms with van der Waals surface area (Å²) < 4.78 is 29.2. The van der Waals surface area contributed by atoms with Crippen molar-refractivity contribution < 1.29 is 22.7 Å². The number of fused-ring (bicyclic) bond motifs is 1.